The Morgan fingerprint density at radius 2 is 1.05 bits per heavy atom. The minimum atomic E-state index is 0.402. The first-order valence-electron chi connectivity index (χ1n) is 9.06. The van der Waals surface area contributed by atoms with Gasteiger partial charge in [0.05, 0.1) is 0 Å². The molecule has 0 bridgehead atoms. The molecular weight excluding hydrogens is 240 g/mol. The van der Waals surface area contributed by atoms with Crippen LogP contribution in [0.25, 0.3) is 0 Å². The number of hydrogen-bond donors (Lipinski definition) is 0. The lowest BCUT2D eigenvalue weighted by Gasteiger charge is -2.27. The summed E-state index contributed by atoms with van der Waals surface area (Å²) < 4.78 is 0. The number of rotatable bonds is 12. The third-order valence-electron chi connectivity index (χ3n) is 4.92. The second-order valence-electron chi connectivity index (χ2n) is 7.44. The Morgan fingerprint density at radius 1 is 0.650 bits per heavy atom. The first-order chi connectivity index (χ1) is 9.41. The zero-order valence-electron chi connectivity index (χ0n) is 15.3. The van der Waals surface area contributed by atoms with Gasteiger partial charge in [0.15, 0.2) is 0 Å². The van der Waals surface area contributed by atoms with Crippen molar-refractivity contribution in [2.75, 3.05) is 0 Å². The molecule has 0 N–H and O–H groups in total. The lowest BCUT2D eigenvalue weighted by atomic mass is 9.78. The Hall–Kier alpha value is -0.260. The molecule has 0 radical (unpaired) electrons. The van der Waals surface area contributed by atoms with Crippen molar-refractivity contribution in [1.82, 2.24) is 0 Å². The zero-order valence-corrected chi connectivity index (χ0v) is 15.3. The molecule has 0 aliphatic heterocycles. The van der Waals surface area contributed by atoms with Gasteiger partial charge in [0.2, 0.25) is 0 Å². The molecule has 0 fully saturated rings. The Balaban J connectivity index is 3.51. The van der Waals surface area contributed by atoms with E-state index in [9.17, 15) is 0 Å². The fourth-order valence-electron chi connectivity index (χ4n) is 2.92. The van der Waals surface area contributed by atoms with Crippen LogP contribution >= 0.6 is 0 Å². The van der Waals surface area contributed by atoms with Crippen LogP contribution < -0.4 is 0 Å². The minimum absolute atomic E-state index is 0.402. The Kier molecular flexibility index (Phi) is 11.3. The molecule has 0 rings (SSSR count). The van der Waals surface area contributed by atoms with Crippen molar-refractivity contribution in [2.45, 2.75) is 112 Å². The van der Waals surface area contributed by atoms with Gasteiger partial charge < -0.3 is 0 Å². The van der Waals surface area contributed by atoms with E-state index in [1.54, 1.807) is 5.57 Å². The average Bonchev–Trinajstić information content (AvgIpc) is 2.39. The molecule has 0 spiro atoms. The van der Waals surface area contributed by atoms with E-state index in [4.69, 9.17) is 0 Å². The third-order valence-corrected chi connectivity index (χ3v) is 4.92. The maximum absolute atomic E-state index is 2.41. The molecule has 0 saturated heterocycles. The summed E-state index contributed by atoms with van der Waals surface area (Å²) in [7, 11) is 0. The van der Waals surface area contributed by atoms with Gasteiger partial charge in [-0.25, -0.2) is 0 Å². The predicted molar refractivity (Wildman–Crippen MR) is 94.3 cm³/mol. The quantitative estimate of drug-likeness (QED) is 0.254. The molecule has 0 nitrogen and oxygen atoms in total. The Bertz CT molecular complexity index is 253. The van der Waals surface area contributed by atoms with Crippen LogP contribution in [-0.4, -0.2) is 0 Å². The fraction of sp³-hybridized carbons (Fsp3) is 0.900. The highest BCUT2D eigenvalue weighted by atomic mass is 14.2. The van der Waals surface area contributed by atoms with Crippen LogP contribution in [0.15, 0.2) is 11.1 Å². The van der Waals surface area contributed by atoms with Gasteiger partial charge in [-0.05, 0) is 32.6 Å². The predicted octanol–water partition coefficient (Wildman–Crippen LogP) is 7.68. The highest BCUT2D eigenvalue weighted by molar-refractivity contribution is 5.14. The standard InChI is InChI=1S/C20H40/c1-7-8-9-10-11-12-13-14-15-16-17-20(5,6)19(4)18(2)3/h7-17H2,1-6H3. The Morgan fingerprint density at radius 3 is 1.45 bits per heavy atom. The molecule has 0 atom stereocenters. The van der Waals surface area contributed by atoms with Crippen molar-refractivity contribution in [3.63, 3.8) is 0 Å². The average molecular weight is 281 g/mol. The van der Waals surface area contributed by atoms with Crippen molar-refractivity contribution < 1.29 is 0 Å². The molecule has 0 aromatic carbocycles. The summed E-state index contributed by atoms with van der Waals surface area (Å²) in [5.41, 5.74) is 3.49. The molecule has 0 aliphatic rings. The summed E-state index contributed by atoms with van der Waals surface area (Å²) in [4.78, 5) is 0. The molecule has 120 valence electrons. The van der Waals surface area contributed by atoms with Crippen molar-refractivity contribution in [3.05, 3.63) is 11.1 Å². The number of unbranched alkanes of at least 4 members (excludes halogenated alkanes) is 9. The van der Waals surface area contributed by atoms with E-state index in [1.807, 2.05) is 0 Å². The van der Waals surface area contributed by atoms with Crippen LogP contribution in [0.3, 0.4) is 0 Å². The summed E-state index contributed by atoms with van der Waals surface area (Å²) >= 11 is 0. The Labute approximate surface area is 129 Å². The van der Waals surface area contributed by atoms with Gasteiger partial charge in [-0.1, -0.05) is 96.1 Å². The molecule has 0 amide bonds. The molecule has 0 heteroatoms. The summed E-state index contributed by atoms with van der Waals surface area (Å²) in [5.74, 6) is 0. The van der Waals surface area contributed by atoms with E-state index in [0.717, 1.165) is 0 Å². The van der Waals surface area contributed by atoms with Crippen molar-refractivity contribution in [1.29, 1.82) is 0 Å². The van der Waals surface area contributed by atoms with E-state index in [2.05, 4.69) is 41.5 Å². The third kappa shape index (κ3) is 9.61. The van der Waals surface area contributed by atoms with E-state index < -0.39 is 0 Å². The second kappa shape index (κ2) is 11.4. The van der Waals surface area contributed by atoms with E-state index in [1.165, 1.54) is 76.2 Å². The molecular formula is C20H40. The van der Waals surface area contributed by atoms with Gasteiger partial charge >= 0.3 is 0 Å². The largest absolute Gasteiger partial charge is 0.0770 e. The first kappa shape index (κ1) is 19.7. The van der Waals surface area contributed by atoms with E-state index in [0.29, 0.717) is 5.41 Å². The summed E-state index contributed by atoms with van der Waals surface area (Å²) in [6.07, 6.45) is 15.7. The van der Waals surface area contributed by atoms with E-state index >= 15 is 0 Å². The van der Waals surface area contributed by atoms with Crippen LogP contribution in [0.2, 0.25) is 0 Å². The molecule has 0 unspecified atom stereocenters. The van der Waals surface area contributed by atoms with Crippen LogP contribution in [0.5, 0.6) is 0 Å². The molecule has 0 saturated carbocycles. The van der Waals surface area contributed by atoms with E-state index in [-0.39, 0.29) is 0 Å². The maximum Gasteiger partial charge on any atom is -0.0145 e. The van der Waals surface area contributed by atoms with Crippen molar-refractivity contribution >= 4 is 0 Å². The summed E-state index contributed by atoms with van der Waals surface area (Å²) in [5, 5.41) is 0. The lowest BCUT2D eigenvalue weighted by molar-refractivity contribution is 0.379. The monoisotopic (exact) mass is 280 g/mol. The van der Waals surface area contributed by atoms with Crippen LogP contribution in [-0.2, 0) is 0 Å². The van der Waals surface area contributed by atoms with Gasteiger partial charge in [-0.15, -0.1) is 0 Å². The zero-order chi connectivity index (χ0) is 15.4. The molecule has 20 heavy (non-hydrogen) atoms. The van der Waals surface area contributed by atoms with Crippen molar-refractivity contribution in [2.24, 2.45) is 5.41 Å². The van der Waals surface area contributed by atoms with Gasteiger partial charge in [0, 0.05) is 0 Å². The summed E-state index contributed by atoms with van der Waals surface area (Å²) in [6, 6.07) is 0. The van der Waals surface area contributed by atoms with Crippen molar-refractivity contribution in [3.8, 4) is 0 Å². The van der Waals surface area contributed by atoms with Crippen LogP contribution in [0.4, 0.5) is 0 Å². The van der Waals surface area contributed by atoms with Gasteiger partial charge in [0.25, 0.3) is 0 Å². The topological polar surface area (TPSA) is 0 Å². The second-order valence-corrected chi connectivity index (χ2v) is 7.44. The normalized spacial score (nSPS) is 11.7. The molecule has 0 aromatic rings. The van der Waals surface area contributed by atoms with Gasteiger partial charge in [0.1, 0.15) is 0 Å². The number of hydrogen-bond acceptors (Lipinski definition) is 0. The van der Waals surface area contributed by atoms with Crippen LogP contribution in [0, 0.1) is 5.41 Å². The highest BCUT2D eigenvalue weighted by Crippen LogP contribution is 2.34. The first-order valence-corrected chi connectivity index (χ1v) is 9.06. The van der Waals surface area contributed by atoms with Gasteiger partial charge in [-0.2, -0.15) is 0 Å². The molecule has 0 aliphatic carbocycles. The highest BCUT2D eigenvalue weighted by Gasteiger charge is 2.19. The smallest absolute Gasteiger partial charge is 0.0145 e. The molecule has 0 aromatic heterocycles. The SMILES string of the molecule is CCCCCCCCCCCCC(C)(C)C(C)=C(C)C. The number of allylic oxidation sites excluding steroid dienone is 2. The fourth-order valence-corrected chi connectivity index (χ4v) is 2.92. The molecule has 0 heterocycles. The maximum atomic E-state index is 2.41. The minimum Gasteiger partial charge on any atom is -0.0770 e. The summed E-state index contributed by atoms with van der Waals surface area (Å²) in [6.45, 7) is 13.9. The van der Waals surface area contributed by atoms with Crippen LogP contribution in [0.1, 0.15) is 112 Å². The lowest BCUT2D eigenvalue weighted by Crippen LogP contribution is -2.13. The van der Waals surface area contributed by atoms with Gasteiger partial charge in [-0.3, -0.25) is 0 Å².